The molecule has 0 saturated heterocycles. The first-order valence-electron chi connectivity index (χ1n) is 7.14. The Labute approximate surface area is 157 Å². The summed E-state index contributed by atoms with van der Waals surface area (Å²) in [5.41, 5.74) is -0.799. The standard InChI is InChI=1S/C16H13Cl2N3O3S/c17-10-4-3-9(6-11(10)18)7-19-15(24)16(13-2-1-5-25-13)20-8-12(22)14(23)21-16/h1-6,8,21-23H,7H2,(H,19,24). The molecule has 1 aliphatic heterocycles. The monoisotopic (exact) mass is 397 g/mol. The zero-order chi connectivity index (χ0) is 18.0. The number of rotatable bonds is 4. The van der Waals surface area contributed by atoms with E-state index in [2.05, 4.69) is 15.6 Å². The number of halogens is 2. The Morgan fingerprint density at radius 2 is 2.08 bits per heavy atom. The Morgan fingerprint density at radius 1 is 1.28 bits per heavy atom. The van der Waals surface area contributed by atoms with Crippen molar-refractivity contribution in [1.82, 2.24) is 10.6 Å². The van der Waals surface area contributed by atoms with Crippen LogP contribution in [0.3, 0.4) is 0 Å². The van der Waals surface area contributed by atoms with E-state index in [1.807, 2.05) is 0 Å². The Balaban J connectivity index is 1.84. The third-order valence-corrected chi connectivity index (χ3v) is 5.28. The SMILES string of the molecule is O=C(NCc1ccc(Cl)c(Cl)c1)C1(c2cccs2)N=CC(O)=C(O)N1. The second-order valence-corrected chi connectivity index (χ2v) is 7.00. The molecule has 25 heavy (non-hydrogen) atoms. The molecule has 0 radical (unpaired) electrons. The van der Waals surface area contributed by atoms with Crippen LogP contribution in [0.4, 0.5) is 0 Å². The number of nitrogens with zero attached hydrogens (tertiary/aromatic N) is 1. The van der Waals surface area contributed by atoms with Crippen LogP contribution >= 0.6 is 34.5 Å². The smallest absolute Gasteiger partial charge is 0.274 e. The van der Waals surface area contributed by atoms with E-state index >= 15 is 0 Å². The first kappa shape index (κ1) is 17.6. The molecule has 9 heteroatoms. The lowest BCUT2D eigenvalue weighted by Gasteiger charge is -2.31. The van der Waals surface area contributed by atoms with E-state index in [1.165, 1.54) is 11.3 Å². The van der Waals surface area contributed by atoms with Crippen LogP contribution in [0.25, 0.3) is 0 Å². The van der Waals surface area contributed by atoms with Crippen molar-refractivity contribution < 1.29 is 15.0 Å². The molecule has 4 N–H and O–H groups in total. The van der Waals surface area contributed by atoms with Crippen LogP contribution in [-0.2, 0) is 17.0 Å². The van der Waals surface area contributed by atoms with Gasteiger partial charge >= 0.3 is 0 Å². The van der Waals surface area contributed by atoms with Crippen LogP contribution in [0.1, 0.15) is 10.4 Å². The minimum Gasteiger partial charge on any atom is -0.502 e. The van der Waals surface area contributed by atoms with Crippen molar-refractivity contribution in [2.75, 3.05) is 0 Å². The summed E-state index contributed by atoms with van der Waals surface area (Å²) in [6.45, 7) is 0.191. The fraction of sp³-hybridized carbons (Fsp3) is 0.125. The van der Waals surface area contributed by atoms with E-state index < -0.39 is 23.2 Å². The lowest BCUT2D eigenvalue weighted by Crippen LogP contribution is -2.53. The zero-order valence-electron chi connectivity index (χ0n) is 12.7. The molecule has 2 aromatic rings. The molecule has 1 amide bonds. The van der Waals surface area contributed by atoms with Crippen LogP contribution in [0.5, 0.6) is 0 Å². The topological polar surface area (TPSA) is 94.0 Å². The second-order valence-electron chi connectivity index (χ2n) is 5.24. The number of carbonyl (C=O) groups is 1. The summed E-state index contributed by atoms with van der Waals surface area (Å²) in [6, 6.07) is 8.52. The number of allylic oxidation sites excluding steroid dienone is 1. The van der Waals surface area contributed by atoms with Crippen molar-refractivity contribution in [3.8, 4) is 0 Å². The highest BCUT2D eigenvalue weighted by molar-refractivity contribution is 7.10. The number of thiophene rings is 1. The summed E-state index contributed by atoms with van der Waals surface area (Å²) < 4.78 is 0. The average Bonchev–Trinajstić information content (AvgIpc) is 3.13. The van der Waals surface area contributed by atoms with Gasteiger partial charge in [0, 0.05) is 6.54 Å². The Morgan fingerprint density at radius 3 is 2.72 bits per heavy atom. The molecule has 1 aromatic heterocycles. The Hall–Kier alpha value is -2.22. The number of aliphatic hydroxyl groups is 2. The van der Waals surface area contributed by atoms with Gasteiger partial charge < -0.3 is 20.8 Å². The third kappa shape index (κ3) is 3.44. The van der Waals surface area contributed by atoms with Crippen LogP contribution in [-0.4, -0.2) is 22.3 Å². The van der Waals surface area contributed by atoms with Gasteiger partial charge in [-0.25, -0.2) is 4.99 Å². The molecular formula is C16H13Cl2N3O3S. The van der Waals surface area contributed by atoms with Crippen molar-refractivity contribution in [3.63, 3.8) is 0 Å². The first-order chi connectivity index (χ1) is 11.9. The van der Waals surface area contributed by atoms with Gasteiger partial charge in [0.25, 0.3) is 5.91 Å². The molecule has 0 spiro atoms. The molecule has 1 aromatic carbocycles. The van der Waals surface area contributed by atoms with E-state index in [0.29, 0.717) is 14.9 Å². The minimum atomic E-state index is -1.55. The highest BCUT2D eigenvalue weighted by Crippen LogP contribution is 2.31. The van der Waals surface area contributed by atoms with E-state index in [0.717, 1.165) is 11.8 Å². The van der Waals surface area contributed by atoms with Crippen molar-refractivity contribution in [2.24, 2.45) is 4.99 Å². The summed E-state index contributed by atoms with van der Waals surface area (Å²) in [4.78, 5) is 17.5. The highest BCUT2D eigenvalue weighted by atomic mass is 35.5. The molecule has 3 rings (SSSR count). The van der Waals surface area contributed by atoms with Crippen LogP contribution < -0.4 is 10.6 Å². The van der Waals surface area contributed by atoms with Gasteiger partial charge in [0.15, 0.2) is 5.76 Å². The minimum absolute atomic E-state index is 0.191. The van der Waals surface area contributed by atoms with Gasteiger partial charge in [0.1, 0.15) is 0 Å². The molecule has 0 saturated carbocycles. The van der Waals surface area contributed by atoms with Crippen molar-refractivity contribution in [1.29, 1.82) is 0 Å². The van der Waals surface area contributed by atoms with Gasteiger partial charge in [0.05, 0.1) is 21.1 Å². The molecule has 2 heterocycles. The van der Waals surface area contributed by atoms with Gasteiger partial charge in [-0.1, -0.05) is 35.3 Å². The number of benzene rings is 1. The summed E-state index contributed by atoms with van der Waals surface area (Å²) in [5, 5.41) is 27.3. The number of hydrogen-bond donors (Lipinski definition) is 4. The molecule has 6 nitrogen and oxygen atoms in total. The zero-order valence-corrected chi connectivity index (χ0v) is 15.0. The van der Waals surface area contributed by atoms with Crippen molar-refractivity contribution in [2.45, 2.75) is 12.2 Å². The van der Waals surface area contributed by atoms with Gasteiger partial charge in [0.2, 0.25) is 11.5 Å². The van der Waals surface area contributed by atoms with Crippen LogP contribution in [0, 0.1) is 0 Å². The molecule has 0 bridgehead atoms. The maximum atomic E-state index is 12.8. The lowest BCUT2D eigenvalue weighted by molar-refractivity contribution is -0.128. The predicted octanol–water partition coefficient (Wildman–Crippen LogP) is 3.48. The van der Waals surface area contributed by atoms with Crippen molar-refractivity contribution >= 4 is 46.7 Å². The Kier molecular flexibility index (Phi) is 4.89. The first-order valence-corrected chi connectivity index (χ1v) is 8.78. The number of aliphatic imine (C=N–C) groups is 1. The Bertz CT molecular complexity index is 868. The van der Waals surface area contributed by atoms with Crippen molar-refractivity contribution in [3.05, 3.63) is 67.8 Å². The molecule has 0 aliphatic carbocycles. The quantitative estimate of drug-likeness (QED) is 0.634. The molecule has 1 unspecified atom stereocenters. The van der Waals surface area contributed by atoms with E-state index in [9.17, 15) is 15.0 Å². The molecule has 1 aliphatic rings. The number of carbonyl (C=O) groups excluding carboxylic acids is 1. The third-order valence-electron chi connectivity index (χ3n) is 3.57. The lowest BCUT2D eigenvalue weighted by atomic mass is 10.1. The van der Waals surface area contributed by atoms with Gasteiger partial charge in [-0.3, -0.25) is 4.79 Å². The van der Waals surface area contributed by atoms with E-state index in [-0.39, 0.29) is 6.54 Å². The number of hydrogen-bond acceptors (Lipinski definition) is 6. The number of nitrogens with one attached hydrogen (secondary N) is 2. The maximum absolute atomic E-state index is 12.8. The highest BCUT2D eigenvalue weighted by Gasteiger charge is 2.43. The van der Waals surface area contributed by atoms with Crippen LogP contribution in [0.2, 0.25) is 10.0 Å². The summed E-state index contributed by atoms with van der Waals surface area (Å²) >= 11 is 13.2. The molecule has 1 atom stereocenters. The number of amides is 1. The summed E-state index contributed by atoms with van der Waals surface area (Å²) in [5.74, 6) is -1.45. The van der Waals surface area contributed by atoms with Crippen LogP contribution in [0.15, 0.2) is 52.3 Å². The maximum Gasteiger partial charge on any atom is 0.274 e. The largest absolute Gasteiger partial charge is 0.502 e. The van der Waals surface area contributed by atoms with Gasteiger partial charge in [-0.05, 0) is 29.1 Å². The van der Waals surface area contributed by atoms with Gasteiger partial charge in [-0.15, -0.1) is 11.3 Å². The summed E-state index contributed by atoms with van der Waals surface area (Å²) in [7, 11) is 0. The van der Waals surface area contributed by atoms with E-state index in [4.69, 9.17) is 23.2 Å². The normalized spacial score (nSPS) is 19.6. The summed E-state index contributed by atoms with van der Waals surface area (Å²) in [6.07, 6.45) is 1.05. The fourth-order valence-corrected chi connectivity index (χ4v) is 3.43. The second kappa shape index (κ2) is 6.95. The number of aliphatic hydroxyl groups excluding tert-OH is 2. The molecule has 130 valence electrons. The van der Waals surface area contributed by atoms with E-state index in [1.54, 1.807) is 35.7 Å². The molecular weight excluding hydrogens is 385 g/mol. The van der Waals surface area contributed by atoms with Gasteiger partial charge in [-0.2, -0.15) is 0 Å². The average molecular weight is 398 g/mol. The predicted molar refractivity (Wildman–Crippen MR) is 98.2 cm³/mol. The molecule has 0 fully saturated rings. The fourth-order valence-electron chi connectivity index (χ4n) is 2.28.